The predicted molar refractivity (Wildman–Crippen MR) is 126 cm³/mol. The molecule has 5 nitrogen and oxygen atoms in total. The molecule has 0 unspecified atom stereocenters. The first-order valence-corrected chi connectivity index (χ1v) is 10.5. The molecule has 1 N–H and O–H groups in total. The van der Waals surface area contributed by atoms with Crippen molar-refractivity contribution >= 4 is 23.1 Å². The number of amides is 2. The van der Waals surface area contributed by atoms with Gasteiger partial charge in [0.2, 0.25) is 0 Å². The second-order valence-electron chi connectivity index (χ2n) is 8.13. The van der Waals surface area contributed by atoms with Crippen LogP contribution in [0.1, 0.15) is 27.8 Å². The van der Waals surface area contributed by atoms with Gasteiger partial charge in [-0.05, 0) is 55.7 Å². The maximum Gasteiger partial charge on any atom is 0.278 e. The van der Waals surface area contributed by atoms with E-state index < -0.39 is 0 Å². The number of hydrogen-bond donors (Lipinski definition) is 1. The van der Waals surface area contributed by atoms with Crippen molar-refractivity contribution in [3.63, 3.8) is 0 Å². The summed E-state index contributed by atoms with van der Waals surface area (Å²) in [7, 11) is 1.58. The largest absolute Gasteiger partial charge is 0.496 e. The molecule has 5 heteroatoms. The molecule has 3 aromatic carbocycles. The van der Waals surface area contributed by atoms with E-state index in [-0.39, 0.29) is 18.4 Å². The molecule has 0 aromatic heterocycles. The lowest BCUT2D eigenvalue weighted by atomic mass is 10.0. The Morgan fingerprint density at radius 1 is 0.812 bits per heavy atom. The minimum Gasteiger partial charge on any atom is -0.496 e. The molecule has 0 aliphatic carbocycles. The van der Waals surface area contributed by atoms with E-state index in [9.17, 15) is 9.59 Å². The molecular weight excluding hydrogens is 400 g/mol. The van der Waals surface area contributed by atoms with Gasteiger partial charge in [-0.1, -0.05) is 54.1 Å². The fourth-order valence-corrected chi connectivity index (χ4v) is 4.02. The van der Waals surface area contributed by atoms with Gasteiger partial charge >= 0.3 is 0 Å². The lowest BCUT2D eigenvalue weighted by molar-refractivity contribution is -0.137. The first-order chi connectivity index (χ1) is 15.4. The molecule has 0 radical (unpaired) electrons. The highest BCUT2D eigenvalue weighted by molar-refractivity contribution is 6.36. The number of carbonyl (C=O) groups excluding carboxylic acids is 2. The van der Waals surface area contributed by atoms with Crippen molar-refractivity contribution in [1.82, 2.24) is 4.90 Å². The Kier molecular flexibility index (Phi) is 5.82. The average Bonchev–Trinajstić information content (AvgIpc) is 2.98. The van der Waals surface area contributed by atoms with E-state index in [1.165, 1.54) is 4.90 Å². The molecule has 1 aliphatic rings. The molecule has 4 rings (SSSR count). The topological polar surface area (TPSA) is 58.6 Å². The molecule has 0 atom stereocenters. The summed E-state index contributed by atoms with van der Waals surface area (Å²) in [5.41, 5.74) is 6.17. The maximum atomic E-state index is 13.5. The molecule has 0 spiro atoms. The fourth-order valence-electron chi connectivity index (χ4n) is 4.02. The lowest BCUT2D eigenvalue weighted by Gasteiger charge is -2.17. The number of anilines is 1. The molecule has 0 saturated heterocycles. The van der Waals surface area contributed by atoms with Crippen LogP contribution in [0.15, 0.2) is 72.4 Å². The Hall–Kier alpha value is -3.86. The first kappa shape index (κ1) is 21.4. The number of nitrogens with zero attached hydrogens (tertiary/aromatic N) is 1. The number of ether oxygens (including phenoxy) is 1. The average molecular weight is 427 g/mol. The minimum atomic E-state index is -0.351. The van der Waals surface area contributed by atoms with E-state index in [2.05, 4.69) is 11.4 Å². The van der Waals surface area contributed by atoms with Crippen LogP contribution in [0.25, 0.3) is 5.57 Å². The third-order valence-electron chi connectivity index (χ3n) is 5.52. The van der Waals surface area contributed by atoms with Gasteiger partial charge < -0.3 is 10.1 Å². The molecular formula is C27H26N2O3. The van der Waals surface area contributed by atoms with E-state index in [0.29, 0.717) is 22.6 Å². The minimum absolute atomic E-state index is 0.134. The molecule has 2 amide bonds. The number of hydrogen-bond acceptors (Lipinski definition) is 4. The van der Waals surface area contributed by atoms with Gasteiger partial charge in [0.15, 0.2) is 0 Å². The van der Waals surface area contributed by atoms with E-state index in [1.54, 1.807) is 7.11 Å². The normalized spacial score (nSPS) is 13.7. The standard InChI is InChI=1S/C27H26N2O3/c1-17-9-11-20(12-10-17)24-25(28-22-14-18(2)13-19(3)15-22)27(31)29(26(24)30)16-21-7-5-6-8-23(21)32-4/h5-15,28H,16H2,1-4H3. The monoisotopic (exact) mass is 426 g/mol. The molecule has 0 fully saturated rings. The van der Waals surface area contributed by atoms with Crippen molar-refractivity contribution in [3.8, 4) is 5.75 Å². The van der Waals surface area contributed by atoms with Gasteiger partial charge in [-0.2, -0.15) is 0 Å². The van der Waals surface area contributed by atoms with Crippen molar-refractivity contribution < 1.29 is 14.3 Å². The smallest absolute Gasteiger partial charge is 0.278 e. The van der Waals surface area contributed by atoms with E-state index >= 15 is 0 Å². The predicted octanol–water partition coefficient (Wildman–Crippen LogP) is 5.01. The van der Waals surface area contributed by atoms with Crippen LogP contribution in [0.3, 0.4) is 0 Å². The number of nitrogens with one attached hydrogen (secondary N) is 1. The summed E-state index contributed by atoms with van der Waals surface area (Å²) in [6, 6.07) is 21.1. The zero-order chi connectivity index (χ0) is 22.8. The Balaban J connectivity index is 1.76. The van der Waals surface area contributed by atoms with Crippen LogP contribution in [0, 0.1) is 20.8 Å². The SMILES string of the molecule is COc1ccccc1CN1C(=O)C(Nc2cc(C)cc(C)c2)=C(c2ccc(C)cc2)C1=O. The third kappa shape index (κ3) is 4.14. The van der Waals surface area contributed by atoms with E-state index in [0.717, 1.165) is 27.9 Å². The van der Waals surface area contributed by atoms with Crippen LogP contribution in [0.2, 0.25) is 0 Å². The molecule has 0 bridgehead atoms. The van der Waals surface area contributed by atoms with Crippen LogP contribution in [-0.4, -0.2) is 23.8 Å². The zero-order valence-corrected chi connectivity index (χ0v) is 18.7. The number of aryl methyl sites for hydroxylation is 3. The second kappa shape index (κ2) is 8.71. The summed E-state index contributed by atoms with van der Waals surface area (Å²) in [5, 5.41) is 3.25. The van der Waals surface area contributed by atoms with Gasteiger partial charge in [0.25, 0.3) is 11.8 Å². The summed E-state index contributed by atoms with van der Waals surface area (Å²) >= 11 is 0. The van der Waals surface area contributed by atoms with Crippen LogP contribution in [0.5, 0.6) is 5.75 Å². The van der Waals surface area contributed by atoms with Crippen molar-refractivity contribution in [2.45, 2.75) is 27.3 Å². The number of para-hydroxylation sites is 1. The van der Waals surface area contributed by atoms with E-state index in [1.807, 2.05) is 81.4 Å². The molecule has 32 heavy (non-hydrogen) atoms. The quantitative estimate of drug-likeness (QED) is 0.563. The molecule has 162 valence electrons. The molecule has 0 saturated carbocycles. The van der Waals surface area contributed by atoms with Gasteiger partial charge in [0.05, 0.1) is 19.2 Å². The number of methoxy groups -OCH3 is 1. The highest BCUT2D eigenvalue weighted by atomic mass is 16.5. The summed E-state index contributed by atoms with van der Waals surface area (Å²) in [4.78, 5) is 28.3. The van der Waals surface area contributed by atoms with E-state index in [4.69, 9.17) is 4.74 Å². The highest BCUT2D eigenvalue weighted by Crippen LogP contribution is 2.33. The number of rotatable bonds is 6. The number of benzene rings is 3. The van der Waals surface area contributed by atoms with Gasteiger partial charge in [-0.25, -0.2) is 0 Å². The summed E-state index contributed by atoms with van der Waals surface area (Å²) in [6.45, 7) is 6.13. The molecule has 3 aromatic rings. The lowest BCUT2D eigenvalue weighted by Crippen LogP contribution is -2.32. The Labute approximate surface area is 188 Å². The Morgan fingerprint density at radius 2 is 1.47 bits per heavy atom. The van der Waals surface area contributed by atoms with Crippen molar-refractivity contribution in [2.75, 3.05) is 12.4 Å². The maximum absolute atomic E-state index is 13.5. The van der Waals surface area contributed by atoms with Crippen molar-refractivity contribution in [1.29, 1.82) is 0 Å². The van der Waals surface area contributed by atoms with Crippen molar-refractivity contribution in [2.24, 2.45) is 0 Å². The summed E-state index contributed by atoms with van der Waals surface area (Å²) in [6.07, 6.45) is 0. The summed E-state index contributed by atoms with van der Waals surface area (Å²) < 4.78 is 5.42. The Bertz CT molecular complexity index is 1210. The molecule has 1 aliphatic heterocycles. The fraction of sp³-hybridized carbons (Fsp3) is 0.185. The van der Waals surface area contributed by atoms with Gasteiger partial charge in [0.1, 0.15) is 11.4 Å². The van der Waals surface area contributed by atoms with Gasteiger partial charge in [0, 0.05) is 11.3 Å². The molecule has 1 heterocycles. The number of carbonyl (C=O) groups is 2. The van der Waals surface area contributed by atoms with Crippen LogP contribution in [0.4, 0.5) is 5.69 Å². The number of imide groups is 1. The zero-order valence-electron chi connectivity index (χ0n) is 18.7. The van der Waals surface area contributed by atoms with Gasteiger partial charge in [-0.15, -0.1) is 0 Å². The first-order valence-electron chi connectivity index (χ1n) is 10.5. The van der Waals surface area contributed by atoms with Crippen molar-refractivity contribution in [3.05, 3.63) is 100 Å². The second-order valence-corrected chi connectivity index (χ2v) is 8.13. The van der Waals surface area contributed by atoms with Crippen LogP contribution in [-0.2, 0) is 16.1 Å². The summed E-state index contributed by atoms with van der Waals surface area (Å²) in [5.74, 6) is -0.0343. The third-order valence-corrected chi connectivity index (χ3v) is 5.52. The Morgan fingerprint density at radius 3 is 2.12 bits per heavy atom. The highest BCUT2D eigenvalue weighted by Gasteiger charge is 2.39. The van der Waals surface area contributed by atoms with Crippen LogP contribution < -0.4 is 10.1 Å². The van der Waals surface area contributed by atoms with Crippen LogP contribution >= 0.6 is 0 Å². The van der Waals surface area contributed by atoms with Gasteiger partial charge in [-0.3, -0.25) is 14.5 Å².